The van der Waals surface area contributed by atoms with Crippen LogP contribution in [0.4, 0.5) is 5.69 Å². The number of halogens is 1. The van der Waals surface area contributed by atoms with Gasteiger partial charge in [-0.15, -0.1) is 0 Å². The number of hydrogen-bond acceptors (Lipinski definition) is 3. The number of rotatable bonds is 2. The monoisotopic (exact) mass is 249 g/mol. The summed E-state index contributed by atoms with van der Waals surface area (Å²) in [6, 6.07) is 6.98. The van der Waals surface area contributed by atoms with Crippen molar-refractivity contribution in [1.82, 2.24) is 0 Å². The fourth-order valence-electron chi connectivity index (χ4n) is 2.21. The number of hydrogen-bond donors (Lipinski definition) is 1. The largest absolute Gasteiger partial charge is 0.368 e. The van der Waals surface area contributed by atoms with E-state index in [1.54, 1.807) is 18.2 Å². The lowest BCUT2D eigenvalue weighted by molar-refractivity contribution is -0.119. The average molecular weight is 250 g/mol. The molecular formula is C12H12ClN3O. The van der Waals surface area contributed by atoms with E-state index in [4.69, 9.17) is 22.6 Å². The van der Waals surface area contributed by atoms with Crippen molar-refractivity contribution in [1.29, 1.82) is 5.26 Å². The van der Waals surface area contributed by atoms with Crippen LogP contribution >= 0.6 is 11.6 Å². The highest BCUT2D eigenvalue weighted by Gasteiger charge is 2.30. The van der Waals surface area contributed by atoms with Crippen LogP contribution < -0.4 is 10.6 Å². The number of anilines is 1. The molecule has 0 saturated carbocycles. The van der Waals surface area contributed by atoms with Gasteiger partial charge in [0.05, 0.1) is 16.3 Å². The van der Waals surface area contributed by atoms with E-state index in [2.05, 4.69) is 6.07 Å². The molecule has 1 aliphatic heterocycles. The molecule has 5 heteroatoms. The van der Waals surface area contributed by atoms with E-state index in [-0.39, 0.29) is 11.9 Å². The fourth-order valence-corrected chi connectivity index (χ4v) is 2.43. The second-order valence-electron chi connectivity index (χ2n) is 4.00. The third-order valence-electron chi connectivity index (χ3n) is 2.99. The minimum atomic E-state index is -0.355. The summed E-state index contributed by atoms with van der Waals surface area (Å²) in [7, 11) is 0. The minimum Gasteiger partial charge on any atom is -0.368 e. The fraction of sp³-hybridized carbons (Fsp3) is 0.333. The van der Waals surface area contributed by atoms with Crippen molar-refractivity contribution in [2.24, 2.45) is 5.73 Å². The van der Waals surface area contributed by atoms with Gasteiger partial charge in [0.15, 0.2) is 0 Å². The van der Waals surface area contributed by atoms with Crippen LogP contribution in [0.1, 0.15) is 18.4 Å². The van der Waals surface area contributed by atoms with Crippen molar-refractivity contribution in [3.05, 3.63) is 28.8 Å². The Bertz CT molecular complexity index is 495. The quantitative estimate of drug-likeness (QED) is 0.867. The Morgan fingerprint density at radius 1 is 1.59 bits per heavy atom. The summed E-state index contributed by atoms with van der Waals surface area (Å²) in [4.78, 5) is 13.2. The zero-order chi connectivity index (χ0) is 12.4. The number of amides is 1. The van der Waals surface area contributed by atoms with E-state index in [9.17, 15) is 4.79 Å². The number of benzene rings is 1. The highest BCUT2D eigenvalue weighted by molar-refractivity contribution is 6.32. The van der Waals surface area contributed by atoms with Crippen LogP contribution in [0, 0.1) is 11.3 Å². The topological polar surface area (TPSA) is 70.1 Å². The number of primary amides is 1. The lowest BCUT2D eigenvalue weighted by Crippen LogP contribution is -2.40. The summed E-state index contributed by atoms with van der Waals surface area (Å²) in [6.07, 6.45) is 1.62. The standard InChI is InChI=1S/C12H12ClN3O/c13-9-3-1-4-10(8(9)7-14)16-6-2-5-11(16)12(15)17/h1,3-4,11H,2,5-6H2,(H2,15,17). The molecule has 0 spiro atoms. The Morgan fingerprint density at radius 3 is 3.00 bits per heavy atom. The number of carbonyl (C=O) groups is 1. The van der Waals surface area contributed by atoms with Crippen molar-refractivity contribution in [2.45, 2.75) is 18.9 Å². The molecule has 0 aromatic heterocycles. The van der Waals surface area contributed by atoms with Gasteiger partial charge in [-0.3, -0.25) is 4.79 Å². The molecule has 2 rings (SSSR count). The Morgan fingerprint density at radius 2 is 2.35 bits per heavy atom. The molecule has 1 aliphatic rings. The summed E-state index contributed by atoms with van der Waals surface area (Å²) in [5, 5.41) is 9.51. The predicted molar refractivity (Wildman–Crippen MR) is 65.7 cm³/mol. The van der Waals surface area contributed by atoms with Gasteiger partial charge in [-0.25, -0.2) is 0 Å². The summed E-state index contributed by atoms with van der Waals surface area (Å²) in [5.41, 5.74) is 6.46. The maximum atomic E-state index is 11.3. The van der Waals surface area contributed by atoms with Gasteiger partial charge in [0.2, 0.25) is 5.91 Å². The highest BCUT2D eigenvalue weighted by Crippen LogP contribution is 2.31. The van der Waals surface area contributed by atoms with Crippen molar-refractivity contribution in [2.75, 3.05) is 11.4 Å². The molecule has 1 aromatic carbocycles. The zero-order valence-electron chi connectivity index (χ0n) is 9.19. The Hall–Kier alpha value is -1.73. The van der Waals surface area contributed by atoms with Crippen LogP contribution in [0.15, 0.2) is 18.2 Å². The van der Waals surface area contributed by atoms with E-state index in [1.807, 2.05) is 4.90 Å². The van der Waals surface area contributed by atoms with Crippen LogP contribution in [-0.2, 0) is 4.79 Å². The molecule has 1 atom stereocenters. The zero-order valence-corrected chi connectivity index (χ0v) is 9.94. The number of carbonyl (C=O) groups excluding carboxylic acids is 1. The van der Waals surface area contributed by atoms with E-state index < -0.39 is 0 Å². The van der Waals surface area contributed by atoms with Crippen molar-refractivity contribution >= 4 is 23.2 Å². The van der Waals surface area contributed by atoms with E-state index in [0.29, 0.717) is 16.3 Å². The van der Waals surface area contributed by atoms with Gasteiger partial charge in [-0.1, -0.05) is 17.7 Å². The lowest BCUT2D eigenvalue weighted by Gasteiger charge is -2.25. The Balaban J connectivity index is 2.44. The van der Waals surface area contributed by atoms with Gasteiger partial charge in [0.25, 0.3) is 0 Å². The van der Waals surface area contributed by atoms with Crippen molar-refractivity contribution in [3.63, 3.8) is 0 Å². The smallest absolute Gasteiger partial charge is 0.240 e. The van der Waals surface area contributed by atoms with Gasteiger partial charge in [0, 0.05) is 6.54 Å². The van der Waals surface area contributed by atoms with Crippen molar-refractivity contribution in [3.8, 4) is 6.07 Å². The van der Waals surface area contributed by atoms with Gasteiger partial charge in [0.1, 0.15) is 12.1 Å². The second-order valence-corrected chi connectivity index (χ2v) is 4.41. The van der Waals surface area contributed by atoms with Crippen LogP contribution in [0.5, 0.6) is 0 Å². The maximum absolute atomic E-state index is 11.3. The third kappa shape index (κ3) is 2.06. The lowest BCUT2D eigenvalue weighted by atomic mass is 10.1. The maximum Gasteiger partial charge on any atom is 0.240 e. The van der Waals surface area contributed by atoms with Gasteiger partial charge >= 0.3 is 0 Å². The molecule has 0 bridgehead atoms. The first-order valence-electron chi connectivity index (χ1n) is 5.39. The molecule has 1 heterocycles. The number of nitriles is 1. The van der Waals surface area contributed by atoms with Crippen LogP contribution in [0.3, 0.4) is 0 Å². The molecule has 17 heavy (non-hydrogen) atoms. The first kappa shape index (κ1) is 11.7. The molecule has 0 radical (unpaired) electrons. The summed E-state index contributed by atoms with van der Waals surface area (Å²) in [5.74, 6) is -0.355. The summed E-state index contributed by atoms with van der Waals surface area (Å²) >= 11 is 5.97. The molecule has 1 unspecified atom stereocenters. The Labute approximate surface area is 105 Å². The molecule has 88 valence electrons. The summed E-state index contributed by atoms with van der Waals surface area (Å²) < 4.78 is 0. The van der Waals surface area contributed by atoms with Gasteiger partial charge < -0.3 is 10.6 Å². The Kier molecular flexibility index (Phi) is 3.21. The molecule has 2 N–H and O–H groups in total. The predicted octanol–water partition coefficient (Wildman–Crippen LogP) is 1.67. The molecule has 4 nitrogen and oxygen atoms in total. The van der Waals surface area contributed by atoms with E-state index >= 15 is 0 Å². The first-order chi connectivity index (χ1) is 8.15. The first-order valence-corrected chi connectivity index (χ1v) is 5.77. The van der Waals surface area contributed by atoms with Gasteiger partial charge in [-0.2, -0.15) is 5.26 Å². The minimum absolute atomic E-state index is 0.333. The van der Waals surface area contributed by atoms with Crippen LogP contribution in [0.2, 0.25) is 5.02 Å². The normalized spacial score (nSPS) is 19.1. The van der Waals surface area contributed by atoms with Crippen LogP contribution in [-0.4, -0.2) is 18.5 Å². The summed E-state index contributed by atoms with van der Waals surface area (Å²) in [6.45, 7) is 0.725. The second kappa shape index (κ2) is 4.64. The van der Waals surface area contributed by atoms with Gasteiger partial charge in [-0.05, 0) is 25.0 Å². The average Bonchev–Trinajstić information content (AvgIpc) is 2.77. The molecule has 1 saturated heterocycles. The highest BCUT2D eigenvalue weighted by atomic mass is 35.5. The van der Waals surface area contributed by atoms with E-state index in [0.717, 1.165) is 19.4 Å². The molecule has 1 fully saturated rings. The SMILES string of the molecule is N#Cc1c(Cl)cccc1N1CCCC1C(N)=O. The molecule has 1 amide bonds. The van der Waals surface area contributed by atoms with Crippen molar-refractivity contribution < 1.29 is 4.79 Å². The van der Waals surface area contributed by atoms with Crippen LogP contribution in [0.25, 0.3) is 0 Å². The van der Waals surface area contributed by atoms with E-state index in [1.165, 1.54) is 0 Å². The third-order valence-corrected chi connectivity index (χ3v) is 3.31. The number of nitrogens with two attached hydrogens (primary N) is 1. The molecular weight excluding hydrogens is 238 g/mol. The number of nitrogens with zero attached hydrogens (tertiary/aromatic N) is 2. The molecule has 1 aromatic rings. The molecule has 0 aliphatic carbocycles.